The van der Waals surface area contributed by atoms with Gasteiger partial charge >= 0.3 is 23.9 Å². The average Bonchev–Trinajstić information content (AvgIpc) is 2.98. The van der Waals surface area contributed by atoms with Crippen LogP contribution in [0.2, 0.25) is 0 Å². The molecule has 0 N–H and O–H groups in total. The third-order valence-electron chi connectivity index (χ3n) is 7.91. The van der Waals surface area contributed by atoms with E-state index in [9.17, 15) is 19.2 Å². The Morgan fingerprint density at radius 1 is 0.526 bits per heavy atom. The molecule has 0 radical (unpaired) electrons. The third-order valence-corrected chi connectivity index (χ3v) is 7.91. The zero-order chi connectivity index (χ0) is 27.4. The largest absolute Gasteiger partial charge is 0.469 e. The summed E-state index contributed by atoms with van der Waals surface area (Å²) in [6, 6.07) is 18.7. The van der Waals surface area contributed by atoms with Crippen LogP contribution in [0.3, 0.4) is 0 Å². The summed E-state index contributed by atoms with van der Waals surface area (Å²) < 4.78 is 20.7. The van der Waals surface area contributed by atoms with Gasteiger partial charge in [0.1, 0.15) is 0 Å². The number of carbonyl (C=O) groups excluding carboxylic acids is 4. The van der Waals surface area contributed by atoms with Gasteiger partial charge in [-0.05, 0) is 24.0 Å². The lowest BCUT2D eigenvalue weighted by atomic mass is 9.55. The average molecular weight is 521 g/mol. The van der Waals surface area contributed by atoms with E-state index in [1.807, 2.05) is 60.7 Å². The van der Waals surface area contributed by atoms with Crippen molar-refractivity contribution in [2.45, 2.75) is 24.7 Å². The Labute approximate surface area is 221 Å². The number of methoxy groups -OCH3 is 4. The number of esters is 4. The summed E-state index contributed by atoms with van der Waals surface area (Å²) in [6.07, 6.45) is 0.345. The van der Waals surface area contributed by atoms with Gasteiger partial charge in [-0.1, -0.05) is 71.8 Å². The zero-order valence-corrected chi connectivity index (χ0v) is 21.9. The summed E-state index contributed by atoms with van der Waals surface area (Å²) in [6.45, 7) is 0. The van der Waals surface area contributed by atoms with E-state index in [-0.39, 0.29) is 12.8 Å². The van der Waals surface area contributed by atoms with E-state index in [4.69, 9.17) is 18.9 Å². The van der Waals surface area contributed by atoms with Crippen LogP contribution in [0.25, 0.3) is 0 Å². The quantitative estimate of drug-likeness (QED) is 0.322. The molecule has 0 spiro atoms. The van der Waals surface area contributed by atoms with Crippen molar-refractivity contribution in [3.63, 3.8) is 0 Å². The fourth-order valence-electron chi connectivity index (χ4n) is 6.30. The minimum absolute atomic E-state index is 0.173. The number of hydrogen-bond acceptors (Lipinski definition) is 8. The molecule has 4 rings (SSSR count). The van der Waals surface area contributed by atoms with Crippen LogP contribution in [0.5, 0.6) is 0 Å². The Morgan fingerprint density at radius 2 is 0.842 bits per heavy atom. The molecule has 2 aromatic rings. The maximum atomic E-state index is 13.5. The highest BCUT2D eigenvalue weighted by Crippen LogP contribution is 2.58. The van der Waals surface area contributed by atoms with Crippen molar-refractivity contribution in [2.75, 3.05) is 28.4 Å². The Morgan fingerprint density at radius 3 is 1.13 bits per heavy atom. The highest BCUT2D eigenvalue weighted by molar-refractivity contribution is 5.87. The lowest BCUT2D eigenvalue weighted by Crippen LogP contribution is -2.47. The van der Waals surface area contributed by atoms with Gasteiger partial charge < -0.3 is 18.9 Å². The van der Waals surface area contributed by atoms with Crippen molar-refractivity contribution in [1.29, 1.82) is 0 Å². The van der Waals surface area contributed by atoms with Crippen LogP contribution in [-0.4, -0.2) is 52.3 Å². The first-order valence-electron chi connectivity index (χ1n) is 12.5. The maximum Gasteiger partial charge on any atom is 0.310 e. The number of carbonyl (C=O) groups is 4. The maximum absolute atomic E-state index is 13.5. The summed E-state index contributed by atoms with van der Waals surface area (Å²) >= 11 is 0. The van der Waals surface area contributed by atoms with Crippen molar-refractivity contribution in [3.8, 4) is 0 Å². The number of ether oxygens (including phenoxy) is 4. The first kappa shape index (κ1) is 27.1. The molecular weight excluding hydrogens is 488 g/mol. The molecule has 0 aromatic heterocycles. The lowest BCUT2D eigenvalue weighted by Gasteiger charge is -2.47. The van der Waals surface area contributed by atoms with Gasteiger partial charge in [0.25, 0.3) is 0 Å². The van der Waals surface area contributed by atoms with Gasteiger partial charge in [-0.2, -0.15) is 0 Å². The minimum atomic E-state index is -0.924. The van der Waals surface area contributed by atoms with E-state index in [0.717, 1.165) is 22.3 Å². The van der Waals surface area contributed by atoms with Gasteiger partial charge in [-0.25, -0.2) is 0 Å². The smallest absolute Gasteiger partial charge is 0.310 e. The first-order valence-corrected chi connectivity index (χ1v) is 12.5. The van der Waals surface area contributed by atoms with Crippen molar-refractivity contribution in [1.82, 2.24) is 0 Å². The molecule has 2 aliphatic rings. The first-order chi connectivity index (χ1) is 18.4. The van der Waals surface area contributed by atoms with Crippen LogP contribution in [-0.2, 0) is 38.1 Å². The Kier molecular flexibility index (Phi) is 8.29. The molecule has 0 saturated heterocycles. The predicted octanol–water partition coefficient (Wildman–Crippen LogP) is 3.81. The molecule has 0 saturated carbocycles. The van der Waals surface area contributed by atoms with Gasteiger partial charge in [-0.15, -0.1) is 0 Å². The van der Waals surface area contributed by atoms with Crippen molar-refractivity contribution in [2.24, 2.45) is 23.7 Å². The summed E-state index contributed by atoms with van der Waals surface area (Å²) in [5, 5.41) is 0. The van der Waals surface area contributed by atoms with E-state index in [1.165, 1.54) is 28.4 Å². The number of benzene rings is 2. The fourth-order valence-corrected chi connectivity index (χ4v) is 6.30. The molecular formula is C30H32O8. The third kappa shape index (κ3) is 4.83. The number of allylic oxidation sites excluding steroid dienone is 2. The second kappa shape index (κ2) is 11.6. The molecule has 6 atom stereocenters. The number of hydrogen-bond donors (Lipinski definition) is 0. The monoisotopic (exact) mass is 520 g/mol. The van der Waals surface area contributed by atoms with E-state index in [0.29, 0.717) is 0 Å². The summed E-state index contributed by atoms with van der Waals surface area (Å²) in [5.41, 5.74) is 3.26. The second-order valence-corrected chi connectivity index (χ2v) is 9.59. The van der Waals surface area contributed by atoms with Crippen molar-refractivity contribution >= 4 is 23.9 Å². The fraction of sp³-hybridized carbons (Fsp3) is 0.400. The predicted molar refractivity (Wildman–Crippen MR) is 137 cm³/mol. The molecule has 0 amide bonds. The zero-order valence-electron chi connectivity index (χ0n) is 21.9. The molecule has 200 valence electrons. The highest BCUT2D eigenvalue weighted by atomic mass is 16.5. The summed E-state index contributed by atoms with van der Waals surface area (Å²) in [7, 11) is 5.16. The van der Waals surface area contributed by atoms with Crippen molar-refractivity contribution in [3.05, 3.63) is 82.9 Å². The van der Waals surface area contributed by atoms with Gasteiger partial charge in [0.05, 0.1) is 52.1 Å². The molecule has 8 heteroatoms. The van der Waals surface area contributed by atoms with E-state index in [2.05, 4.69) is 0 Å². The second-order valence-electron chi connectivity index (χ2n) is 9.59. The highest BCUT2D eigenvalue weighted by Gasteiger charge is 2.56. The van der Waals surface area contributed by atoms with Gasteiger partial charge in [0.2, 0.25) is 0 Å². The van der Waals surface area contributed by atoms with E-state index >= 15 is 0 Å². The van der Waals surface area contributed by atoms with Crippen molar-refractivity contribution < 1.29 is 38.1 Å². The molecule has 8 nitrogen and oxygen atoms in total. The van der Waals surface area contributed by atoms with E-state index < -0.39 is 59.4 Å². The van der Waals surface area contributed by atoms with E-state index in [1.54, 1.807) is 0 Å². The SMILES string of the molecule is COC(=O)[C@@H]1[C@H](C(=O)OC)[C@H](c2ccccc2)C2=C(C[C@H](C(=O)OC)[C@H](C(=O)OC)C2)[C@@H]1c1ccccc1. The van der Waals surface area contributed by atoms with Crippen LogP contribution in [0.15, 0.2) is 71.8 Å². The lowest BCUT2D eigenvalue weighted by molar-refractivity contribution is -0.161. The Bertz CT molecular complexity index is 1120. The molecule has 0 bridgehead atoms. The van der Waals surface area contributed by atoms with Gasteiger partial charge in [0.15, 0.2) is 0 Å². The summed E-state index contributed by atoms with van der Waals surface area (Å²) in [4.78, 5) is 52.9. The molecule has 0 heterocycles. The molecule has 0 unspecified atom stereocenters. The van der Waals surface area contributed by atoms with Crippen LogP contribution >= 0.6 is 0 Å². The van der Waals surface area contributed by atoms with Gasteiger partial charge in [-0.3, -0.25) is 19.2 Å². The molecule has 2 aromatic carbocycles. The number of rotatable bonds is 6. The molecule has 2 aliphatic carbocycles. The van der Waals surface area contributed by atoms with Gasteiger partial charge in [0, 0.05) is 11.8 Å². The Balaban J connectivity index is 2.05. The topological polar surface area (TPSA) is 105 Å². The molecule has 38 heavy (non-hydrogen) atoms. The summed E-state index contributed by atoms with van der Waals surface area (Å²) in [5.74, 6) is -6.76. The van der Waals surface area contributed by atoms with Crippen LogP contribution in [0.4, 0.5) is 0 Å². The normalized spacial score (nSPS) is 26.5. The Hall–Kier alpha value is -3.94. The minimum Gasteiger partial charge on any atom is -0.469 e. The van der Waals surface area contributed by atoms with Crippen LogP contribution in [0, 0.1) is 23.7 Å². The standard InChI is InChI=1S/C30H32O8/c1-35-27(31)21-15-19-20(16-22(21)28(32)36-2)24(18-13-9-6-10-14-18)26(30(34)38-4)25(29(33)37-3)23(19)17-11-7-5-8-12-17/h5-14,21-26H,15-16H2,1-4H3/t21-,22+,23-,24+,25-,26+. The van der Waals surface area contributed by atoms with Crippen LogP contribution < -0.4 is 0 Å². The molecule has 0 fully saturated rings. The van der Waals surface area contributed by atoms with Crippen LogP contribution in [0.1, 0.15) is 35.8 Å². The molecule has 0 aliphatic heterocycles.